The van der Waals surface area contributed by atoms with Gasteiger partial charge >= 0.3 is 0 Å². The Morgan fingerprint density at radius 2 is 2.00 bits per heavy atom. The van der Waals surface area contributed by atoms with Gasteiger partial charge in [0.05, 0.1) is 6.54 Å². The van der Waals surface area contributed by atoms with Crippen LogP contribution in [0, 0.1) is 5.41 Å². The van der Waals surface area contributed by atoms with Crippen LogP contribution in [0.25, 0.3) is 0 Å². The normalized spacial score (nSPS) is 11.5. The summed E-state index contributed by atoms with van der Waals surface area (Å²) < 4.78 is 0. The Hall–Kier alpha value is -0.610. The zero-order valence-corrected chi connectivity index (χ0v) is 10.3. The first-order valence-corrected chi connectivity index (χ1v) is 5.41. The standard InChI is InChI=1S/C11H24N2O2/c1-11(2,6-5-7-14)9-12-8-10(15)13(3)4/h12,14H,5-9H2,1-4H3. The molecule has 90 valence electrons. The fourth-order valence-electron chi connectivity index (χ4n) is 1.31. The molecule has 0 aromatic heterocycles. The second kappa shape index (κ2) is 6.80. The number of aliphatic hydroxyl groups excluding tert-OH is 1. The predicted molar refractivity (Wildman–Crippen MR) is 61.7 cm³/mol. The lowest BCUT2D eigenvalue weighted by atomic mass is 9.88. The maximum Gasteiger partial charge on any atom is 0.236 e. The summed E-state index contributed by atoms with van der Waals surface area (Å²) in [7, 11) is 3.50. The molecule has 0 aromatic rings. The molecule has 0 spiro atoms. The first-order chi connectivity index (χ1) is 6.89. The molecule has 4 nitrogen and oxygen atoms in total. The summed E-state index contributed by atoms with van der Waals surface area (Å²) in [5, 5.41) is 11.9. The van der Waals surface area contributed by atoms with Crippen LogP contribution in [0.1, 0.15) is 26.7 Å². The lowest BCUT2D eigenvalue weighted by Gasteiger charge is -2.25. The van der Waals surface area contributed by atoms with E-state index < -0.39 is 0 Å². The number of rotatable bonds is 7. The lowest BCUT2D eigenvalue weighted by molar-refractivity contribution is -0.127. The van der Waals surface area contributed by atoms with Crippen molar-refractivity contribution in [3.05, 3.63) is 0 Å². The Morgan fingerprint density at radius 1 is 1.40 bits per heavy atom. The van der Waals surface area contributed by atoms with E-state index in [9.17, 15) is 4.79 Å². The molecule has 0 atom stereocenters. The van der Waals surface area contributed by atoms with Gasteiger partial charge in [0.25, 0.3) is 0 Å². The van der Waals surface area contributed by atoms with Crippen molar-refractivity contribution in [2.75, 3.05) is 33.8 Å². The highest BCUT2D eigenvalue weighted by Gasteiger charge is 2.17. The van der Waals surface area contributed by atoms with Crippen LogP contribution in [0.4, 0.5) is 0 Å². The average Bonchev–Trinajstić information content (AvgIpc) is 2.14. The molecule has 0 unspecified atom stereocenters. The van der Waals surface area contributed by atoms with Crippen molar-refractivity contribution < 1.29 is 9.90 Å². The monoisotopic (exact) mass is 216 g/mol. The maximum absolute atomic E-state index is 11.3. The van der Waals surface area contributed by atoms with E-state index in [2.05, 4.69) is 19.2 Å². The highest BCUT2D eigenvalue weighted by Crippen LogP contribution is 2.20. The molecule has 4 heteroatoms. The summed E-state index contributed by atoms with van der Waals surface area (Å²) in [6.45, 7) is 5.69. The van der Waals surface area contributed by atoms with Crippen LogP contribution >= 0.6 is 0 Å². The van der Waals surface area contributed by atoms with Gasteiger partial charge in [-0.3, -0.25) is 4.79 Å². The fourth-order valence-corrected chi connectivity index (χ4v) is 1.31. The van der Waals surface area contributed by atoms with E-state index in [1.807, 2.05) is 0 Å². The molecule has 0 radical (unpaired) electrons. The van der Waals surface area contributed by atoms with Gasteiger partial charge < -0.3 is 15.3 Å². The molecule has 0 aromatic carbocycles. The number of nitrogens with one attached hydrogen (secondary N) is 1. The van der Waals surface area contributed by atoms with Gasteiger partial charge in [-0.1, -0.05) is 13.8 Å². The highest BCUT2D eigenvalue weighted by molar-refractivity contribution is 5.77. The molecule has 0 rings (SSSR count). The number of nitrogens with zero attached hydrogens (tertiary/aromatic N) is 1. The first-order valence-electron chi connectivity index (χ1n) is 5.41. The topological polar surface area (TPSA) is 52.6 Å². The van der Waals surface area contributed by atoms with Gasteiger partial charge in [-0.25, -0.2) is 0 Å². The van der Waals surface area contributed by atoms with Gasteiger partial charge in [-0.2, -0.15) is 0 Å². The Balaban J connectivity index is 3.69. The molecule has 0 aliphatic carbocycles. The Kier molecular flexibility index (Phi) is 6.52. The molecule has 0 saturated heterocycles. The summed E-state index contributed by atoms with van der Waals surface area (Å²) in [5.41, 5.74) is 0.134. The number of aliphatic hydroxyl groups is 1. The van der Waals surface area contributed by atoms with Crippen LogP contribution in [0.2, 0.25) is 0 Å². The molecular formula is C11H24N2O2. The van der Waals surface area contributed by atoms with Crippen LogP contribution in [0.5, 0.6) is 0 Å². The summed E-state index contributed by atoms with van der Waals surface area (Å²) in [6, 6.07) is 0. The Bertz CT molecular complexity index is 191. The largest absolute Gasteiger partial charge is 0.396 e. The van der Waals surface area contributed by atoms with Gasteiger partial charge in [0.15, 0.2) is 0 Å². The summed E-state index contributed by atoms with van der Waals surface area (Å²) in [6.07, 6.45) is 1.78. The molecule has 0 aliphatic rings. The van der Waals surface area contributed by atoms with Gasteiger partial charge in [0.1, 0.15) is 0 Å². The van der Waals surface area contributed by atoms with Crippen LogP contribution < -0.4 is 5.32 Å². The van der Waals surface area contributed by atoms with Gasteiger partial charge in [0.2, 0.25) is 5.91 Å². The number of carbonyl (C=O) groups excluding carboxylic acids is 1. The van der Waals surface area contributed by atoms with E-state index in [0.29, 0.717) is 6.54 Å². The van der Waals surface area contributed by atoms with Crippen LogP contribution in [0.15, 0.2) is 0 Å². The Morgan fingerprint density at radius 3 is 2.47 bits per heavy atom. The van der Waals surface area contributed by atoms with Crippen molar-refractivity contribution in [3.8, 4) is 0 Å². The highest BCUT2D eigenvalue weighted by atomic mass is 16.2. The van der Waals surface area contributed by atoms with E-state index in [-0.39, 0.29) is 17.9 Å². The number of hydrogen-bond acceptors (Lipinski definition) is 3. The molecule has 0 saturated carbocycles. The van der Waals surface area contributed by atoms with Gasteiger partial charge in [-0.05, 0) is 18.3 Å². The van der Waals surface area contributed by atoms with E-state index in [0.717, 1.165) is 19.4 Å². The second-order valence-electron chi connectivity index (χ2n) is 4.88. The zero-order chi connectivity index (χ0) is 11.9. The van der Waals surface area contributed by atoms with E-state index in [1.165, 1.54) is 0 Å². The summed E-state index contributed by atoms with van der Waals surface area (Å²) in [4.78, 5) is 12.8. The molecular weight excluding hydrogens is 192 g/mol. The molecule has 0 bridgehead atoms. The molecule has 0 heterocycles. The molecule has 0 aliphatic heterocycles. The lowest BCUT2D eigenvalue weighted by Crippen LogP contribution is -2.37. The minimum absolute atomic E-state index is 0.0907. The minimum Gasteiger partial charge on any atom is -0.396 e. The van der Waals surface area contributed by atoms with Gasteiger partial charge in [-0.15, -0.1) is 0 Å². The van der Waals surface area contributed by atoms with Crippen molar-refractivity contribution in [2.45, 2.75) is 26.7 Å². The maximum atomic E-state index is 11.3. The third kappa shape index (κ3) is 7.33. The van der Waals surface area contributed by atoms with Crippen LogP contribution in [-0.4, -0.2) is 49.7 Å². The quantitative estimate of drug-likeness (QED) is 0.650. The smallest absolute Gasteiger partial charge is 0.236 e. The molecule has 15 heavy (non-hydrogen) atoms. The van der Waals surface area contributed by atoms with Crippen molar-refractivity contribution >= 4 is 5.91 Å². The zero-order valence-electron chi connectivity index (χ0n) is 10.3. The van der Waals surface area contributed by atoms with E-state index in [4.69, 9.17) is 5.11 Å². The molecule has 1 amide bonds. The van der Waals surface area contributed by atoms with Crippen molar-refractivity contribution in [1.82, 2.24) is 10.2 Å². The van der Waals surface area contributed by atoms with Crippen LogP contribution in [-0.2, 0) is 4.79 Å². The SMILES string of the molecule is CN(C)C(=O)CNCC(C)(C)CCCO. The summed E-state index contributed by atoms with van der Waals surface area (Å²) >= 11 is 0. The van der Waals surface area contributed by atoms with Crippen molar-refractivity contribution in [2.24, 2.45) is 5.41 Å². The second-order valence-corrected chi connectivity index (χ2v) is 4.88. The predicted octanol–water partition coefficient (Wildman–Crippen LogP) is 0.463. The number of amides is 1. The van der Waals surface area contributed by atoms with E-state index in [1.54, 1.807) is 19.0 Å². The first kappa shape index (κ1) is 14.4. The number of hydrogen-bond donors (Lipinski definition) is 2. The molecule has 0 fully saturated rings. The van der Waals surface area contributed by atoms with E-state index >= 15 is 0 Å². The third-order valence-corrected chi connectivity index (χ3v) is 2.39. The van der Waals surface area contributed by atoms with Crippen molar-refractivity contribution in [1.29, 1.82) is 0 Å². The number of likely N-dealkylation sites (N-methyl/N-ethyl adjacent to an activating group) is 1. The van der Waals surface area contributed by atoms with Crippen molar-refractivity contribution in [3.63, 3.8) is 0 Å². The average molecular weight is 216 g/mol. The van der Waals surface area contributed by atoms with Crippen LogP contribution in [0.3, 0.4) is 0 Å². The van der Waals surface area contributed by atoms with Gasteiger partial charge in [0, 0.05) is 27.2 Å². The third-order valence-electron chi connectivity index (χ3n) is 2.39. The fraction of sp³-hybridized carbons (Fsp3) is 0.909. The number of carbonyl (C=O) groups is 1. The summed E-state index contributed by atoms with van der Waals surface area (Å²) in [5.74, 6) is 0.0907. The Labute approximate surface area is 92.7 Å². The molecule has 2 N–H and O–H groups in total. The minimum atomic E-state index is 0.0907.